The lowest BCUT2D eigenvalue weighted by molar-refractivity contribution is -0.385. The number of aromatic nitrogens is 1. The Balaban J connectivity index is 1.35. The Morgan fingerprint density at radius 3 is 2.18 bits per heavy atom. The maximum Gasteiger partial charge on any atom is 0.276 e. The molecule has 0 fully saturated rings. The zero-order valence-electron chi connectivity index (χ0n) is 23.5. The lowest BCUT2D eigenvalue weighted by atomic mass is 10.1. The van der Waals surface area contributed by atoms with E-state index in [2.05, 4.69) is 20.9 Å². The van der Waals surface area contributed by atoms with Crippen LogP contribution in [0, 0.1) is 10.1 Å². The first-order valence-corrected chi connectivity index (χ1v) is 15.3. The molecule has 0 aliphatic heterocycles. The topological polar surface area (TPSA) is 143 Å². The van der Waals surface area contributed by atoms with Crippen LogP contribution in [0.15, 0.2) is 131 Å². The number of nitrogens with one attached hydrogen (secondary N) is 3. The fourth-order valence-corrected chi connectivity index (χ4v) is 5.74. The van der Waals surface area contributed by atoms with Gasteiger partial charge in [-0.05, 0) is 54.1 Å². The predicted octanol–water partition coefficient (Wildman–Crippen LogP) is 6.93. The van der Waals surface area contributed by atoms with Gasteiger partial charge in [0.15, 0.2) is 5.13 Å². The van der Waals surface area contributed by atoms with Crippen molar-refractivity contribution in [1.82, 2.24) is 10.3 Å². The zero-order chi connectivity index (χ0) is 31.6. The summed E-state index contributed by atoms with van der Waals surface area (Å²) < 4.78 is 0. The van der Waals surface area contributed by atoms with E-state index in [-0.39, 0.29) is 22.9 Å². The first-order valence-electron chi connectivity index (χ1n) is 13.5. The first-order chi connectivity index (χ1) is 21.9. The summed E-state index contributed by atoms with van der Waals surface area (Å²) in [4.78, 5) is 55.5. The molecule has 224 valence electrons. The van der Waals surface area contributed by atoms with Gasteiger partial charge in [0.25, 0.3) is 17.5 Å². The maximum atomic E-state index is 13.4. The van der Waals surface area contributed by atoms with Gasteiger partial charge >= 0.3 is 0 Å². The summed E-state index contributed by atoms with van der Waals surface area (Å²) in [5.41, 5.74) is 1.29. The highest BCUT2D eigenvalue weighted by atomic mass is 32.2. The Kier molecular flexibility index (Phi) is 10.1. The molecule has 10 nitrogen and oxygen atoms in total. The molecule has 0 saturated heterocycles. The molecule has 4 aromatic carbocycles. The van der Waals surface area contributed by atoms with Crippen molar-refractivity contribution in [2.45, 2.75) is 10.1 Å². The monoisotopic (exact) mass is 635 g/mol. The highest BCUT2D eigenvalue weighted by Crippen LogP contribution is 2.37. The van der Waals surface area contributed by atoms with Crippen LogP contribution in [0.2, 0.25) is 0 Å². The molecular formula is C33H25N5O5S2. The lowest BCUT2D eigenvalue weighted by Crippen LogP contribution is -2.30. The van der Waals surface area contributed by atoms with Crippen LogP contribution < -0.4 is 16.0 Å². The third-order valence-electron chi connectivity index (χ3n) is 6.33. The summed E-state index contributed by atoms with van der Waals surface area (Å²) in [5, 5.41) is 21.5. The van der Waals surface area contributed by atoms with Crippen molar-refractivity contribution < 1.29 is 19.3 Å². The molecule has 0 radical (unpaired) electrons. The molecule has 45 heavy (non-hydrogen) atoms. The Morgan fingerprint density at radius 1 is 0.844 bits per heavy atom. The molecule has 0 bridgehead atoms. The van der Waals surface area contributed by atoms with E-state index in [9.17, 15) is 24.5 Å². The zero-order valence-corrected chi connectivity index (χ0v) is 25.1. The average Bonchev–Trinajstić information content (AvgIpc) is 3.58. The van der Waals surface area contributed by atoms with E-state index >= 15 is 0 Å². The molecule has 0 aliphatic rings. The van der Waals surface area contributed by atoms with Crippen LogP contribution in [0.5, 0.6) is 0 Å². The van der Waals surface area contributed by atoms with Gasteiger partial charge in [0.1, 0.15) is 10.9 Å². The number of anilines is 2. The van der Waals surface area contributed by atoms with E-state index in [0.29, 0.717) is 16.4 Å². The molecule has 3 amide bonds. The summed E-state index contributed by atoms with van der Waals surface area (Å²) in [7, 11) is 0. The molecule has 1 atom stereocenters. The van der Waals surface area contributed by atoms with Crippen molar-refractivity contribution in [3.05, 3.63) is 153 Å². The van der Waals surface area contributed by atoms with Gasteiger partial charge in [-0.15, -0.1) is 23.1 Å². The van der Waals surface area contributed by atoms with Crippen LogP contribution in [0.3, 0.4) is 0 Å². The number of carbonyl (C=O) groups excluding carboxylic acids is 3. The second kappa shape index (κ2) is 14.7. The van der Waals surface area contributed by atoms with Crippen LogP contribution in [0.1, 0.15) is 26.7 Å². The largest absolute Gasteiger partial charge is 0.321 e. The minimum atomic E-state index is -0.678. The number of amides is 3. The molecule has 5 aromatic rings. The van der Waals surface area contributed by atoms with Gasteiger partial charge in [0, 0.05) is 33.8 Å². The lowest BCUT2D eigenvalue weighted by Gasteiger charge is -2.16. The molecule has 0 aliphatic carbocycles. The van der Waals surface area contributed by atoms with Crippen LogP contribution in [-0.4, -0.2) is 27.6 Å². The molecule has 1 aromatic heterocycles. The fourth-order valence-electron chi connectivity index (χ4n) is 4.18. The smallest absolute Gasteiger partial charge is 0.276 e. The molecule has 0 spiro atoms. The molecule has 0 saturated carbocycles. The number of rotatable bonds is 11. The molecule has 1 heterocycles. The summed E-state index contributed by atoms with van der Waals surface area (Å²) in [6.07, 6.45) is 2.89. The normalized spacial score (nSPS) is 11.7. The molecule has 1 unspecified atom stereocenters. The number of nitro groups is 1. The summed E-state index contributed by atoms with van der Waals surface area (Å²) >= 11 is 2.67. The number of carbonyl (C=O) groups is 3. The number of thiazole rings is 1. The third kappa shape index (κ3) is 8.28. The number of thioether (sulfide) groups is 1. The van der Waals surface area contributed by atoms with Gasteiger partial charge in [0.05, 0.1) is 10.5 Å². The van der Waals surface area contributed by atoms with E-state index in [0.717, 1.165) is 10.5 Å². The fraction of sp³-hybridized carbons (Fsp3) is 0.0303. The van der Waals surface area contributed by atoms with E-state index in [1.165, 1.54) is 47.4 Å². The first kappa shape index (κ1) is 30.9. The SMILES string of the molecule is O=C(Nc1ccc(SC(C(=O)Nc2nccs2)c2ccccc2)cc1)/C(=C/c1ccccc1[N+](=O)[O-])NC(=O)c1ccccc1. The number of benzene rings is 4. The number of hydrogen-bond acceptors (Lipinski definition) is 8. The molecule has 3 N–H and O–H groups in total. The Morgan fingerprint density at radius 2 is 1.51 bits per heavy atom. The van der Waals surface area contributed by atoms with Crippen molar-refractivity contribution in [2.75, 3.05) is 10.6 Å². The number of hydrogen-bond donors (Lipinski definition) is 3. The van der Waals surface area contributed by atoms with E-state index in [1.54, 1.807) is 72.2 Å². The van der Waals surface area contributed by atoms with Gasteiger partial charge in [-0.1, -0.05) is 60.7 Å². The number of nitro benzene ring substituents is 1. The van der Waals surface area contributed by atoms with Gasteiger partial charge in [-0.3, -0.25) is 24.5 Å². The van der Waals surface area contributed by atoms with E-state index in [4.69, 9.17) is 0 Å². The van der Waals surface area contributed by atoms with Gasteiger partial charge < -0.3 is 16.0 Å². The Labute approximate surface area is 266 Å². The number of para-hydroxylation sites is 1. The predicted molar refractivity (Wildman–Crippen MR) is 176 cm³/mol. The quantitative estimate of drug-likeness (QED) is 0.0618. The minimum Gasteiger partial charge on any atom is -0.321 e. The summed E-state index contributed by atoms with van der Waals surface area (Å²) in [6.45, 7) is 0. The van der Waals surface area contributed by atoms with Gasteiger partial charge in [0.2, 0.25) is 5.91 Å². The van der Waals surface area contributed by atoms with Crippen molar-refractivity contribution >= 4 is 63.4 Å². The second-order valence-electron chi connectivity index (χ2n) is 9.41. The molecular weight excluding hydrogens is 611 g/mol. The summed E-state index contributed by atoms with van der Waals surface area (Å²) in [6, 6.07) is 30.5. The van der Waals surface area contributed by atoms with Crippen LogP contribution in [0.25, 0.3) is 6.08 Å². The highest BCUT2D eigenvalue weighted by Gasteiger charge is 2.23. The van der Waals surface area contributed by atoms with Crippen molar-refractivity contribution in [3.63, 3.8) is 0 Å². The van der Waals surface area contributed by atoms with Crippen molar-refractivity contribution in [1.29, 1.82) is 0 Å². The van der Waals surface area contributed by atoms with Gasteiger partial charge in [-0.2, -0.15) is 0 Å². The third-order valence-corrected chi connectivity index (χ3v) is 8.29. The maximum absolute atomic E-state index is 13.4. The molecule has 5 rings (SSSR count). The Hall–Kier alpha value is -5.59. The van der Waals surface area contributed by atoms with Crippen LogP contribution in [-0.2, 0) is 9.59 Å². The molecule has 12 heteroatoms. The van der Waals surface area contributed by atoms with Crippen LogP contribution in [0.4, 0.5) is 16.5 Å². The van der Waals surface area contributed by atoms with Crippen molar-refractivity contribution in [3.8, 4) is 0 Å². The highest BCUT2D eigenvalue weighted by molar-refractivity contribution is 8.00. The minimum absolute atomic E-state index is 0.149. The second-order valence-corrected chi connectivity index (χ2v) is 11.5. The standard InChI is InChI=1S/C33H25N5O5S2/c39-30(23-11-5-2-6-12-23)36-27(21-24-13-7-8-14-28(24)38(42)43)31(40)35-25-15-17-26(18-16-25)45-29(22-9-3-1-4-10-22)32(41)37-33-34-19-20-44-33/h1-21,29H,(H,35,40)(H,36,39)(H,34,37,41)/b27-21-. The van der Waals surface area contributed by atoms with E-state index in [1.807, 2.05) is 30.3 Å². The van der Waals surface area contributed by atoms with Crippen LogP contribution >= 0.6 is 23.1 Å². The summed E-state index contributed by atoms with van der Waals surface area (Å²) in [5.74, 6) is -1.45. The van der Waals surface area contributed by atoms with Crippen molar-refractivity contribution in [2.24, 2.45) is 0 Å². The number of nitrogens with zero attached hydrogens (tertiary/aromatic N) is 2. The average molecular weight is 636 g/mol. The van der Waals surface area contributed by atoms with Gasteiger partial charge in [-0.25, -0.2) is 4.98 Å². The Bertz CT molecular complexity index is 1830. The van der Waals surface area contributed by atoms with E-state index < -0.39 is 22.0 Å².